The summed E-state index contributed by atoms with van der Waals surface area (Å²) in [6.45, 7) is 5.45. The van der Waals surface area contributed by atoms with Crippen LogP contribution in [-0.4, -0.2) is 23.0 Å². The van der Waals surface area contributed by atoms with Crippen molar-refractivity contribution in [3.05, 3.63) is 58.6 Å². The molecule has 0 aliphatic heterocycles. The van der Waals surface area contributed by atoms with Gasteiger partial charge in [-0.15, -0.1) is 0 Å². The standard InChI is InChI=1S/C19H21ClN2O3/c1-11(2)17(22-18(24)13-4-6-14(20)7-5-13)19(25)21-15-8-9-16(23)12(3)10-15/h4-11,17,23H,1-3H3,(H,21,25)(H,22,24)/t17-/m0/s1. The molecule has 0 aromatic heterocycles. The number of aromatic hydroxyl groups is 1. The van der Waals surface area contributed by atoms with Crippen LogP contribution >= 0.6 is 11.6 Å². The largest absolute Gasteiger partial charge is 0.508 e. The smallest absolute Gasteiger partial charge is 0.251 e. The average molecular weight is 361 g/mol. The number of carbonyl (C=O) groups excluding carboxylic acids is 2. The van der Waals surface area contributed by atoms with Crippen LogP contribution in [0.3, 0.4) is 0 Å². The molecule has 0 bridgehead atoms. The molecule has 2 aromatic rings. The van der Waals surface area contributed by atoms with Crippen molar-refractivity contribution in [3.63, 3.8) is 0 Å². The molecule has 2 rings (SSSR count). The minimum absolute atomic E-state index is 0.102. The van der Waals surface area contributed by atoms with E-state index in [0.29, 0.717) is 21.8 Å². The Balaban J connectivity index is 2.11. The van der Waals surface area contributed by atoms with E-state index in [0.717, 1.165) is 0 Å². The summed E-state index contributed by atoms with van der Waals surface area (Å²) in [7, 11) is 0. The van der Waals surface area contributed by atoms with Crippen molar-refractivity contribution in [1.29, 1.82) is 0 Å². The fourth-order valence-corrected chi connectivity index (χ4v) is 2.44. The number of carbonyl (C=O) groups is 2. The van der Waals surface area contributed by atoms with E-state index in [1.807, 2.05) is 13.8 Å². The van der Waals surface area contributed by atoms with Crippen LogP contribution in [-0.2, 0) is 4.79 Å². The predicted molar refractivity (Wildman–Crippen MR) is 99.0 cm³/mol. The first-order valence-corrected chi connectivity index (χ1v) is 8.32. The Kier molecular flexibility index (Phi) is 6.04. The minimum atomic E-state index is -0.697. The lowest BCUT2D eigenvalue weighted by Gasteiger charge is -2.22. The highest BCUT2D eigenvalue weighted by atomic mass is 35.5. The van der Waals surface area contributed by atoms with Crippen molar-refractivity contribution in [3.8, 4) is 5.75 Å². The van der Waals surface area contributed by atoms with Crippen molar-refractivity contribution in [2.75, 3.05) is 5.32 Å². The molecule has 5 nitrogen and oxygen atoms in total. The molecule has 0 spiro atoms. The molecular weight excluding hydrogens is 340 g/mol. The van der Waals surface area contributed by atoms with E-state index >= 15 is 0 Å². The number of halogens is 1. The van der Waals surface area contributed by atoms with Gasteiger partial charge in [-0.1, -0.05) is 25.4 Å². The molecule has 6 heteroatoms. The molecule has 0 radical (unpaired) electrons. The topological polar surface area (TPSA) is 78.4 Å². The molecule has 25 heavy (non-hydrogen) atoms. The number of nitrogens with one attached hydrogen (secondary N) is 2. The molecule has 0 unspecified atom stereocenters. The first-order valence-electron chi connectivity index (χ1n) is 7.95. The molecule has 3 N–H and O–H groups in total. The number of hydrogen-bond acceptors (Lipinski definition) is 3. The van der Waals surface area contributed by atoms with Crippen molar-refractivity contribution in [1.82, 2.24) is 5.32 Å². The second kappa shape index (κ2) is 8.03. The monoisotopic (exact) mass is 360 g/mol. The van der Waals surface area contributed by atoms with Gasteiger partial charge in [0.25, 0.3) is 5.91 Å². The van der Waals surface area contributed by atoms with Crippen LogP contribution in [0.25, 0.3) is 0 Å². The second-order valence-electron chi connectivity index (χ2n) is 6.19. The van der Waals surface area contributed by atoms with Gasteiger partial charge >= 0.3 is 0 Å². The Bertz CT molecular complexity index is 773. The van der Waals surface area contributed by atoms with Crippen molar-refractivity contribution in [2.24, 2.45) is 5.92 Å². The van der Waals surface area contributed by atoms with Crippen LogP contribution < -0.4 is 10.6 Å². The molecule has 0 aliphatic carbocycles. The van der Waals surface area contributed by atoms with Gasteiger partial charge in [0.15, 0.2) is 0 Å². The van der Waals surface area contributed by atoms with Gasteiger partial charge in [0.05, 0.1) is 0 Å². The van der Waals surface area contributed by atoms with E-state index in [-0.39, 0.29) is 23.5 Å². The second-order valence-corrected chi connectivity index (χ2v) is 6.63. The van der Waals surface area contributed by atoms with Gasteiger partial charge in [0.2, 0.25) is 5.91 Å². The first kappa shape index (κ1) is 18.8. The molecule has 1 atom stereocenters. The lowest BCUT2D eigenvalue weighted by Crippen LogP contribution is -2.47. The third kappa shape index (κ3) is 4.97. The fraction of sp³-hybridized carbons (Fsp3) is 0.263. The Labute approximate surface area is 152 Å². The summed E-state index contributed by atoms with van der Waals surface area (Å²) in [6.07, 6.45) is 0. The highest BCUT2D eigenvalue weighted by molar-refractivity contribution is 6.30. The third-order valence-corrected chi connectivity index (χ3v) is 4.06. The van der Waals surface area contributed by atoms with Crippen LogP contribution in [0.1, 0.15) is 29.8 Å². The SMILES string of the molecule is Cc1cc(NC(=O)[C@@H](NC(=O)c2ccc(Cl)cc2)C(C)C)ccc1O. The molecule has 132 valence electrons. The van der Waals surface area contributed by atoms with E-state index in [2.05, 4.69) is 10.6 Å². The summed E-state index contributed by atoms with van der Waals surface area (Å²) in [4.78, 5) is 24.9. The molecule has 2 aromatic carbocycles. The van der Waals surface area contributed by atoms with Gasteiger partial charge in [-0.2, -0.15) is 0 Å². The fourth-order valence-electron chi connectivity index (χ4n) is 2.31. The molecule has 0 heterocycles. The van der Waals surface area contributed by atoms with E-state index in [1.165, 1.54) is 6.07 Å². The number of phenolic OH excluding ortho intramolecular Hbond substituents is 1. The van der Waals surface area contributed by atoms with Crippen molar-refractivity contribution >= 4 is 29.1 Å². The average Bonchev–Trinajstić information content (AvgIpc) is 2.56. The van der Waals surface area contributed by atoms with Gasteiger partial charge in [0, 0.05) is 16.3 Å². The normalized spacial score (nSPS) is 11.9. The summed E-state index contributed by atoms with van der Waals surface area (Å²) >= 11 is 5.82. The van der Waals surface area contributed by atoms with E-state index in [1.54, 1.807) is 43.3 Å². The summed E-state index contributed by atoms with van der Waals surface area (Å²) in [5, 5.41) is 15.6. The van der Waals surface area contributed by atoms with Gasteiger partial charge in [-0.05, 0) is 60.9 Å². The zero-order valence-electron chi connectivity index (χ0n) is 14.3. The number of phenols is 1. The number of benzene rings is 2. The van der Waals surface area contributed by atoms with Crippen LogP contribution in [0.2, 0.25) is 5.02 Å². The number of anilines is 1. The third-order valence-electron chi connectivity index (χ3n) is 3.81. The number of aryl methyl sites for hydroxylation is 1. The predicted octanol–water partition coefficient (Wildman–Crippen LogP) is 3.75. The van der Waals surface area contributed by atoms with Crippen LogP contribution in [0.5, 0.6) is 5.75 Å². The molecule has 2 amide bonds. The maximum atomic E-state index is 12.6. The van der Waals surface area contributed by atoms with Gasteiger partial charge in [-0.25, -0.2) is 0 Å². The number of hydrogen-bond donors (Lipinski definition) is 3. The Hall–Kier alpha value is -2.53. The number of rotatable bonds is 5. The van der Waals surface area contributed by atoms with Crippen molar-refractivity contribution in [2.45, 2.75) is 26.8 Å². The molecule has 0 saturated carbocycles. The quantitative estimate of drug-likeness (QED) is 0.710. The van der Waals surface area contributed by atoms with Crippen LogP contribution in [0.4, 0.5) is 5.69 Å². The first-order chi connectivity index (χ1) is 11.8. The summed E-state index contributed by atoms with van der Waals surface area (Å²) in [5.74, 6) is -0.598. The molecule has 0 saturated heterocycles. The lowest BCUT2D eigenvalue weighted by atomic mass is 10.0. The van der Waals surface area contributed by atoms with Crippen LogP contribution in [0, 0.1) is 12.8 Å². The lowest BCUT2D eigenvalue weighted by molar-refractivity contribution is -0.118. The van der Waals surface area contributed by atoms with E-state index < -0.39 is 6.04 Å². The highest BCUT2D eigenvalue weighted by Gasteiger charge is 2.25. The Morgan fingerprint density at radius 2 is 1.72 bits per heavy atom. The van der Waals surface area contributed by atoms with E-state index in [9.17, 15) is 14.7 Å². The Morgan fingerprint density at radius 3 is 2.28 bits per heavy atom. The highest BCUT2D eigenvalue weighted by Crippen LogP contribution is 2.20. The molecular formula is C19H21ClN2O3. The summed E-state index contributed by atoms with van der Waals surface area (Å²) in [6, 6.07) is 10.6. The van der Waals surface area contributed by atoms with Gasteiger partial charge in [0.1, 0.15) is 11.8 Å². The number of amides is 2. The maximum absolute atomic E-state index is 12.6. The van der Waals surface area contributed by atoms with Gasteiger partial charge in [-0.3, -0.25) is 9.59 Å². The maximum Gasteiger partial charge on any atom is 0.251 e. The zero-order valence-corrected chi connectivity index (χ0v) is 15.1. The van der Waals surface area contributed by atoms with E-state index in [4.69, 9.17) is 11.6 Å². The Morgan fingerprint density at radius 1 is 1.08 bits per heavy atom. The molecule has 0 aliphatic rings. The minimum Gasteiger partial charge on any atom is -0.508 e. The molecule has 0 fully saturated rings. The van der Waals surface area contributed by atoms with Crippen molar-refractivity contribution < 1.29 is 14.7 Å². The summed E-state index contributed by atoms with van der Waals surface area (Å²) < 4.78 is 0. The summed E-state index contributed by atoms with van der Waals surface area (Å²) in [5.41, 5.74) is 1.65. The zero-order chi connectivity index (χ0) is 18.6. The van der Waals surface area contributed by atoms with Gasteiger partial charge < -0.3 is 15.7 Å². The van der Waals surface area contributed by atoms with Crippen LogP contribution in [0.15, 0.2) is 42.5 Å².